The molecule has 1 atom stereocenters. The van der Waals surface area contributed by atoms with E-state index in [-0.39, 0.29) is 22.0 Å². The van der Waals surface area contributed by atoms with Crippen molar-refractivity contribution in [2.75, 3.05) is 0 Å². The predicted molar refractivity (Wildman–Crippen MR) is 82.3 cm³/mol. The molecule has 2 aromatic heterocycles. The third kappa shape index (κ3) is 2.65. The molecule has 3 rings (SSSR count). The Balaban J connectivity index is 2.33. The van der Waals surface area contributed by atoms with E-state index < -0.39 is 22.5 Å². The maximum Gasteiger partial charge on any atom is 0.332 e. The Morgan fingerprint density at radius 1 is 1.26 bits per heavy atom. The third-order valence-electron chi connectivity index (χ3n) is 3.85. The van der Waals surface area contributed by atoms with Gasteiger partial charge in [-0.15, -0.1) is 0 Å². The Labute approximate surface area is 135 Å². The van der Waals surface area contributed by atoms with Crippen LogP contribution in [-0.4, -0.2) is 30.3 Å². The molecule has 0 bridgehead atoms. The summed E-state index contributed by atoms with van der Waals surface area (Å²) in [5, 5.41) is 10.6. The summed E-state index contributed by atoms with van der Waals surface area (Å²) in [4.78, 5) is 44.4. The molecule has 0 aromatic carbocycles. The van der Waals surface area contributed by atoms with E-state index in [4.69, 9.17) is 0 Å². The van der Waals surface area contributed by atoms with Gasteiger partial charge in [-0.2, -0.15) is 0 Å². The van der Waals surface area contributed by atoms with Gasteiger partial charge in [0.25, 0.3) is 5.56 Å². The highest BCUT2D eigenvalue weighted by Gasteiger charge is 2.29. The average Bonchev–Trinajstić information content (AvgIpc) is 3.34. The van der Waals surface area contributed by atoms with Crippen LogP contribution in [0.5, 0.6) is 0 Å². The van der Waals surface area contributed by atoms with E-state index in [1.54, 1.807) is 0 Å². The van der Waals surface area contributed by atoms with E-state index in [1.165, 1.54) is 25.6 Å². The van der Waals surface area contributed by atoms with Crippen molar-refractivity contribution in [3.8, 4) is 0 Å². The number of aliphatic carboxylic acids is 1. The zero-order chi connectivity index (χ0) is 16.9. The summed E-state index contributed by atoms with van der Waals surface area (Å²) < 4.78 is 2.26. The number of thioether (sulfide) groups is 1. The van der Waals surface area contributed by atoms with Crippen LogP contribution in [0.1, 0.15) is 31.5 Å². The number of hydrogen-bond donors (Lipinski definition) is 0. The van der Waals surface area contributed by atoms with Crippen LogP contribution in [0.4, 0.5) is 0 Å². The standard InChI is InChI=1S/C14H16N4O4S/c1-6(13(20)21)23-11-8-10(15-9(16-11)7-4-5-7)17(2)14(22)18(3)12(8)19/h6-7H,4-5H2,1-3H3,(H,20,21)/p-1/t6-/m1/s1. The number of aromatic nitrogens is 4. The van der Waals surface area contributed by atoms with Crippen molar-refractivity contribution in [3.63, 3.8) is 0 Å². The molecule has 1 fully saturated rings. The summed E-state index contributed by atoms with van der Waals surface area (Å²) in [7, 11) is 2.90. The van der Waals surface area contributed by atoms with Crippen LogP contribution >= 0.6 is 11.8 Å². The van der Waals surface area contributed by atoms with E-state index >= 15 is 0 Å². The fourth-order valence-electron chi connectivity index (χ4n) is 2.27. The van der Waals surface area contributed by atoms with Gasteiger partial charge in [0.2, 0.25) is 0 Å². The Kier molecular flexibility index (Phi) is 3.75. The second kappa shape index (κ2) is 5.48. The highest BCUT2D eigenvalue weighted by Crippen LogP contribution is 2.39. The molecule has 122 valence electrons. The van der Waals surface area contributed by atoms with Gasteiger partial charge in [0.15, 0.2) is 5.65 Å². The molecule has 0 saturated heterocycles. The van der Waals surface area contributed by atoms with Crippen molar-refractivity contribution >= 4 is 28.8 Å². The highest BCUT2D eigenvalue weighted by molar-refractivity contribution is 8.00. The molecule has 0 unspecified atom stereocenters. The molecule has 0 radical (unpaired) electrons. The SMILES string of the molecule is C[C@@H](Sc1nc(C2CC2)nc2c1c(=O)n(C)c(=O)n2C)C(=O)[O-]. The maximum atomic E-state index is 12.5. The van der Waals surface area contributed by atoms with Gasteiger partial charge in [-0.05, 0) is 19.8 Å². The fraction of sp³-hybridized carbons (Fsp3) is 0.500. The molecule has 0 N–H and O–H groups in total. The minimum absolute atomic E-state index is 0.164. The summed E-state index contributed by atoms with van der Waals surface area (Å²) in [6.07, 6.45) is 1.90. The van der Waals surface area contributed by atoms with E-state index in [0.717, 1.165) is 29.2 Å². The lowest BCUT2D eigenvalue weighted by Gasteiger charge is -2.15. The topological polar surface area (TPSA) is 110 Å². The summed E-state index contributed by atoms with van der Waals surface area (Å²) in [6.45, 7) is 1.47. The monoisotopic (exact) mass is 335 g/mol. The molecule has 2 aromatic rings. The largest absolute Gasteiger partial charge is 0.549 e. The molecule has 1 aliphatic rings. The first-order chi connectivity index (χ1) is 10.8. The van der Waals surface area contributed by atoms with Crippen LogP contribution in [0.3, 0.4) is 0 Å². The number of fused-ring (bicyclic) bond motifs is 1. The van der Waals surface area contributed by atoms with Gasteiger partial charge in [0, 0.05) is 25.3 Å². The minimum Gasteiger partial charge on any atom is -0.549 e. The molecule has 0 amide bonds. The van der Waals surface area contributed by atoms with Gasteiger partial charge in [-0.25, -0.2) is 14.8 Å². The quantitative estimate of drug-likeness (QED) is 0.528. The maximum absolute atomic E-state index is 12.5. The Morgan fingerprint density at radius 2 is 1.91 bits per heavy atom. The molecule has 2 heterocycles. The number of nitrogens with zero attached hydrogens (tertiary/aromatic N) is 4. The van der Waals surface area contributed by atoms with E-state index in [9.17, 15) is 19.5 Å². The van der Waals surface area contributed by atoms with Crippen LogP contribution in [0.2, 0.25) is 0 Å². The zero-order valence-corrected chi connectivity index (χ0v) is 13.7. The van der Waals surface area contributed by atoms with Crippen molar-refractivity contribution < 1.29 is 9.90 Å². The molecular formula is C14H15N4O4S-. The number of aryl methyl sites for hydroxylation is 1. The molecule has 8 nitrogen and oxygen atoms in total. The zero-order valence-electron chi connectivity index (χ0n) is 12.9. The normalized spacial score (nSPS) is 15.8. The van der Waals surface area contributed by atoms with Crippen LogP contribution in [-0.2, 0) is 18.9 Å². The Hall–Kier alpha value is -2.16. The van der Waals surface area contributed by atoms with Gasteiger partial charge in [-0.1, -0.05) is 11.8 Å². The summed E-state index contributed by atoms with van der Waals surface area (Å²) in [5.41, 5.74) is -0.770. The van der Waals surface area contributed by atoms with Gasteiger partial charge < -0.3 is 9.90 Å². The number of rotatable bonds is 4. The predicted octanol–water partition coefficient (Wildman–Crippen LogP) is -0.865. The number of carbonyl (C=O) groups is 1. The third-order valence-corrected chi connectivity index (χ3v) is 4.91. The molecule has 0 spiro atoms. The second-order valence-electron chi connectivity index (χ2n) is 5.64. The van der Waals surface area contributed by atoms with Crippen LogP contribution in [0, 0.1) is 0 Å². The van der Waals surface area contributed by atoms with Gasteiger partial charge in [-0.3, -0.25) is 13.9 Å². The lowest BCUT2D eigenvalue weighted by Crippen LogP contribution is -2.38. The fourth-order valence-corrected chi connectivity index (χ4v) is 3.14. The minimum atomic E-state index is -1.24. The number of carboxylic acids is 1. The van der Waals surface area contributed by atoms with Crippen molar-refractivity contribution in [1.29, 1.82) is 0 Å². The molecule has 1 aliphatic carbocycles. The van der Waals surface area contributed by atoms with Crippen LogP contribution in [0.25, 0.3) is 11.0 Å². The lowest BCUT2D eigenvalue weighted by atomic mass is 10.3. The van der Waals surface area contributed by atoms with Gasteiger partial charge in [0.05, 0.1) is 5.97 Å². The first kappa shape index (κ1) is 15.7. The summed E-state index contributed by atoms with van der Waals surface area (Å²) >= 11 is 0.936. The first-order valence-corrected chi connectivity index (χ1v) is 8.04. The lowest BCUT2D eigenvalue weighted by molar-refractivity contribution is -0.304. The second-order valence-corrected chi connectivity index (χ2v) is 6.97. The number of carbonyl (C=O) groups excluding carboxylic acids is 1. The Morgan fingerprint density at radius 3 is 2.48 bits per heavy atom. The average molecular weight is 335 g/mol. The number of carboxylic acid groups (broad SMARTS) is 1. The van der Waals surface area contributed by atoms with Crippen LogP contribution in [0.15, 0.2) is 14.6 Å². The number of hydrogen-bond acceptors (Lipinski definition) is 7. The molecule has 1 saturated carbocycles. The van der Waals surface area contributed by atoms with Crippen molar-refractivity contribution in [2.45, 2.75) is 36.0 Å². The summed E-state index contributed by atoms with van der Waals surface area (Å²) in [6, 6.07) is 0. The van der Waals surface area contributed by atoms with Gasteiger partial charge >= 0.3 is 5.69 Å². The molecule has 9 heteroatoms. The van der Waals surface area contributed by atoms with Crippen molar-refractivity contribution in [2.24, 2.45) is 14.1 Å². The van der Waals surface area contributed by atoms with E-state index in [0.29, 0.717) is 5.82 Å². The molecular weight excluding hydrogens is 320 g/mol. The molecule has 23 heavy (non-hydrogen) atoms. The van der Waals surface area contributed by atoms with Crippen molar-refractivity contribution in [3.05, 3.63) is 26.7 Å². The Bertz CT molecular complexity index is 929. The first-order valence-electron chi connectivity index (χ1n) is 7.16. The van der Waals surface area contributed by atoms with E-state index in [2.05, 4.69) is 9.97 Å². The smallest absolute Gasteiger partial charge is 0.332 e. The van der Waals surface area contributed by atoms with Crippen molar-refractivity contribution in [1.82, 2.24) is 19.1 Å². The molecule has 0 aliphatic heterocycles. The summed E-state index contributed by atoms with van der Waals surface area (Å²) in [5.74, 6) is -0.485. The van der Waals surface area contributed by atoms with Crippen LogP contribution < -0.4 is 16.4 Å². The van der Waals surface area contributed by atoms with Gasteiger partial charge in [0.1, 0.15) is 16.2 Å². The van der Waals surface area contributed by atoms with E-state index in [1.807, 2.05) is 0 Å². The highest BCUT2D eigenvalue weighted by atomic mass is 32.2.